The zero-order valence-corrected chi connectivity index (χ0v) is 12.9. The maximum atomic E-state index is 12.1. The van der Waals surface area contributed by atoms with E-state index in [4.69, 9.17) is 0 Å². The van der Waals surface area contributed by atoms with E-state index in [9.17, 15) is 9.90 Å². The highest BCUT2D eigenvalue weighted by Crippen LogP contribution is 2.18. The number of rotatable bonds is 5. The average molecular weight is 309 g/mol. The Morgan fingerprint density at radius 3 is 2.61 bits per heavy atom. The van der Waals surface area contributed by atoms with E-state index in [2.05, 4.69) is 15.3 Å². The number of aromatic amines is 1. The van der Waals surface area contributed by atoms with Gasteiger partial charge in [0.2, 0.25) is 5.91 Å². The monoisotopic (exact) mass is 309 g/mol. The van der Waals surface area contributed by atoms with Gasteiger partial charge in [-0.2, -0.15) is 0 Å². The first-order valence-corrected chi connectivity index (χ1v) is 7.60. The fraction of sp³-hybridized carbons (Fsp3) is 0.222. The molecule has 0 aliphatic heterocycles. The van der Waals surface area contributed by atoms with Crippen molar-refractivity contribution in [1.82, 2.24) is 15.3 Å². The number of carbonyl (C=O) groups is 1. The molecule has 3 aromatic rings. The van der Waals surface area contributed by atoms with Gasteiger partial charge in [0, 0.05) is 0 Å². The Hall–Kier alpha value is -2.66. The van der Waals surface area contributed by atoms with Gasteiger partial charge in [0.1, 0.15) is 5.82 Å². The molecular formula is C18H19N3O2. The Kier molecular flexibility index (Phi) is 4.39. The van der Waals surface area contributed by atoms with Gasteiger partial charge in [-0.1, -0.05) is 42.5 Å². The molecule has 1 heterocycles. The lowest BCUT2D eigenvalue weighted by atomic mass is 10.1. The van der Waals surface area contributed by atoms with Crippen LogP contribution in [0.15, 0.2) is 54.6 Å². The van der Waals surface area contributed by atoms with Crippen molar-refractivity contribution in [2.24, 2.45) is 0 Å². The molecular weight excluding hydrogens is 290 g/mol. The van der Waals surface area contributed by atoms with E-state index in [1.165, 1.54) is 0 Å². The van der Waals surface area contributed by atoms with Gasteiger partial charge in [-0.25, -0.2) is 4.98 Å². The molecule has 118 valence electrons. The van der Waals surface area contributed by atoms with Crippen LogP contribution < -0.4 is 5.32 Å². The number of carbonyl (C=O) groups excluding carboxylic acids is 1. The van der Waals surface area contributed by atoms with Crippen LogP contribution in [0, 0.1) is 0 Å². The number of hydrogen-bond donors (Lipinski definition) is 3. The van der Waals surface area contributed by atoms with E-state index < -0.39 is 6.10 Å². The average Bonchev–Trinajstić information content (AvgIpc) is 2.99. The first kappa shape index (κ1) is 15.2. The van der Waals surface area contributed by atoms with E-state index in [0.29, 0.717) is 5.82 Å². The third kappa shape index (κ3) is 3.57. The minimum atomic E-state index is -0.806. The normalized spacial score (nSPS) is 13.7. The van der Waals surface area contributed by atoms with Crippen LogP contribution >= 0.6 is 0 Å². The van der Waals surface area contributed by atoms with Crippen molar-refractivity contribution in [1.29, 1.82) is 0 Å². The predicted molar refractivity (Wildman–Crippen MR) is 88.7 cm³/mol. The van der Waals surface area contributed by atoms with Crippen molar-refractivity contribution in [3.8, 4) is 0 Å². The largest absolute Gasteiger partial charge is 0.388 e. The Labute approximate surface area is 134 Å². The maximum Gasteiger partial charge on any atom is 0.223 e. The van der Waals surface area contributed by atoms with Crippen LogP contribution in [0.25, 0.3) is 11.0 Å². The molecule has 0 fully saturated rings. The smallest absolute Gasteiger partial charge is 0.223 e. The number of nitrogens with one attached hydrogen (secondary N) is 2. The van der Waals surface area contributed by atoms with Crippen molar-refractivity contribution in [3.05, 3.63) is 66.0 Å². The minimum absolute atomic E-state index is 0.0224. The minimum Gasteiger partial charge on any atom is -0.388 e. The van der Waals surface area contributed by atoms with Gasteiger partial charge in [-0.3, -0.25) is 4.79 Å². The molecule has 1 aromatic heterocycles. The number of benzene rings is 2. The zero-order chi connectivity index (χ0) is 16.2. The summed E-state index contributed by atoms with van der Waals surface area (Å²) < 4.78 is 0. The van der Waals surface area contributed by atoms with Crippen LogP contribution in [0.1, 0.15) is 36.9 Å². The van der Waals surface area contributed by atoms with E-state index >= 15 is 0 Å². The number of H-pyrrole nitrogens is 1. The summed E-state index contributed by atoms with van der Waals surface area (Å²) in [6, 6.07) is 16.6. The zero-order valence-electron chi connectivity index (χ0n) is 12.9. The van der Waals surface area contributed by atoms with Crippen LogP contribution in [-0.2, 0) is 4.79 Å². The fourth-order valence-corrected chi connectivity index (χ4v) is 2.52. The molecule has 1 amide bonds. The number of imidazole rings is 1. The SMILES string of the molecule is CC(NC(=O)CC(O)c1ccccc1)c1nc2ccccc2[nH]1. The molecule has 0 spiro atoms. The predicted octanol–water partition coefficient (Wildman–Crippen LogP) is 2.86. The number of aliphatic hydroxyl groups excluding tert-OH is 1. The van der Waals surface area contributed by atoms with Crippen molar-refractivity contribution in [3.63, 3.8) is 0 Å². The van der Waals surface area contributed by atoms with Gasteiger partial charge in [-0.05, 0) is 24.6 Å². The van der Waals surface area contributed by atoms with Gasteiger partial charge in [0.05, 0.1) is 29.6 Å². The number of fused-ring (bicyclic) bond motifs is 1. The topological polar surface area (TPSA) is 78.0 Å². The van der Waals surface area contributed by atoms with E-state index in [1.54, 1.807) is 12.1 Å². The van der Waals surface area contributed by atoms with Crippen molar-refractivity contribution in [2.45, 2.75) is 25.5 Å². The Morgan fingerprint density at radius 2 is 1.87 bits per heavy atom. The molecule has 3 N–H and O–H groups in total. The number of nitrogens with zero attached hydrogens (tertiary/aromatic N) is 1. The van der Waals surface area contributed by atoms with E-state index in [-0.39, 0.29) is 18.4 Å². The maximum absolute atomic E-state index is 12.1. The Balaban J connectivity index is 1.63. The molecule has 5 heteroatoms. The summed E-state index contributed by atoms with van der Waals surface area (Å²) in [4.78, 5) is 19.8. The first-order chi connectivity index (χ1) is 11.1. The van der Waals surface area contributed by atoms with Crippen molar-refractivity contribution < 1.29 is 9.90 Å². The molecule has 0 saturated heterocycles. The van der Waals surface area contributed by atoms with Crippen molar-refractivity contribution in [2.75, 3.05) is 0 Å². The quantitative estimate of drug-likeness (QED) is 0.678. The summed E-state index contributed by atoms with van der Waals surface area (Å²) in [6.07, 6.45) is -0.784. The number of hydrogen-bond acceptors (Lipinski definition) is 3. The summed E-state index contributed by atoms with van der Waals surface area (Å²) in [7, 11) is 0. The molecule has 0 aliphatic carbocycles. The lowest BCUT2D eigenvalue weighted by Crippen LogP contribution is -2.28. The molecule has 23 heavy (non-hydrogen) atoms. The van der Waals surface area contributed by atoms with Gasteiger partial charge in [0.15, 0.2) is 0 Å². The third-order valence-electron chi connectivity index (χ3n) is 3.76. The number of amides is 1. The van der Waals surface area contributed by atoms with Gasteiger partial charge >= 0.3 is 0 Å². The van der Waals surface area contributed by atoms with E-state index in [0.717, 1.165) is 16.6 Å². The number of aromatic nitrogens is 2. The lowest BCUT2D eigenvalue weighted by molar-refractivity contribution is -0.123. The summed E-state index contributed by atoms with van der Waals surface area (Å²) in [5, 5.41) is 13.0. The molecule has 2 unspecified atom stereocenters. The standard InChI is InChI=1S/C18H19N3O2/c1-12(18-20-14-9-5-6-10-15(14)21-18)19-17(23)11-16(22)13-7-3-2-4-8-13/h2-10,12,16,22H,11H2,1H3,(H,19,23)(H,20,21). The van der Waals surface area contributed by atoms with Crippen LogP contribution in [0.3, 0.4) is 0 Å². The highest BCUT2D eigenvalue weighted by molar-refractivity contribution is 5.78. The summed E-state index contributed by atoms with van der Waals surface area (Å²) >= 11 is 0. The molecule has 0 bridgehead atoms. The van der Waals surface area contributed by atoms with Crippen LogP contribution in [0.4, 0.5) is 0 Å². The van der Waals surface area contributed by atoms with Crippen LogP contribution in [-0.4, -0.2) is 21.0 Å². The molecule has 2 aromatic carbocycles. The molecule has 0 aliphatic rings. The van der Waals surface area contributed by atoms with Gasteiger partial charge in [0.25, 0.3) is 0 Å². The van der Waals surface area contributed by atoms with E-state index in [1.807, 2.05) is 49.4 Å². The third-order valence-corrected chi connectivity index (χ3v) is 3.76. The van der Waals surface area contributed by atoms with Gasteiger partial charge in [-0.15, -0.1) is 0 Å². The second kappa shape index (κ2) is 6.62. The summed E-state index contributed by atoms with van der Waals surface area (Å²) in [5.41, 5.74) is 2.54. The Morgan fingerprint density at radius 1 is 1.17 bits per heavy atom. The lowest BCUT2D eigenvalue weighted by Gasteiger charge is -2.14. The molecule has 3 rings (SSSR count). The van der Waals surface area contributed by atoms with Gasteiger partial charge < -0.3 is 15.4 Å². The molecule has 2 atom stereocenters. The molecule has 0 saturated carbocycles. The first-order valence-electron chi connectivity index (χ1n) is 7.60. The highest BCUT2D eigenvalue weighted by atomic mass is 16.3. The highest BCUT2D eigenvalue weighted by Gasteiger charge is 2.17. The second-order valence-corrected chi connectivity index (χ2v) is 5.56. The summed E-state index contributed by atoms with van der Waals surface area (Å²) in [5.74, 6) is 0.489. The second-order valence-electron chi connectivity index (χ2n) is 5.56. The fourth-order valence-electron chi connectivity index (χ4n) is 2.52. The van der Waals surface area contributed by atoms with Crippen LogP contribution in [0.2, 0.25) is 0 Å². The molecule has 0 radical (unpaired) electrons. The van der Waals surface area contributed by atoms with Crippen LogP contribution in [0.5, 0.6) is 0 Å². The molecule has 5 nitrogen and oxygen atoms in total. The number of aliphatic hydroxyl groups is 1. The number of para-hydroxylation sites is 2. The van der Waals surface area contributed by atoms with Crippen molar-refractivity contribution >= 4 is 16.9 Å². The summed E-state index contributed by atoms with van der Waals surface area (Å²) in [6.45, 7) is 1.87. The Bertz CT molecular complexity index is 765.